The van der Waals surface area contributed by atoms with E-state index < -0.39 is 0 Å². The van der Waals surface area contributed by atoms with Crippen molar-refractivity contribution in [2.45, 2.75) is 37.9 Å². The second-order valence-electron chi connectivity index (χ2n) is 5.90. The third-order valence-corrected chi connectivity index (χ3v) is 4.18. The average molecular weight is 324 g/mol. The minimum absolute atomic E-state index is 0.372. The van der Waals surface area contributed by atoms with Gasteiger partial charge in [-0.15, -0.1) is 0 Å². The zero-order chi connectivity index (χ0) is 16.8. The molecule has 0 amide bonds. The highest BCUT2D eigenvalue weighted by Crippen LogP contribution is 2.25. The molecular formula is C20H20O4. The van der Waals surface area contributed by atoms with E-state index in [9.17, 15) is 9.59 Å². The lowest BCUT2D eigenvalue weighted by molar-refractivity contribution is -0.0514. The van der Waals surface area contributed by atoms with Crippen molar-refractivity contribution in [1.29, 1.82) is 0 Å². The fourth-order valence-electron chi connectivity index (χ4n) is 2.89. The third kappa shape index (κ3) is 4.02. The highest BCUT2D eigenvalue weighted by Gasteiger charge is 2.32. The lowest BCUT2D eigenvalue weighted by atomic mass is 9.94. The number of rotatable bonds is 4. The number of esters is 2. The molecule has 0 saturated heterocycles. The van der Waals surface area contributed by atoms with Crippen LogP contribution in [0.15, 0.2) is 60.7 Å². The zero-order valence-electron chi connectivity index (χ0n) is 13.4. The number of benzene rings is 2. The molecule has 0 heterocycles. The first-order valence-electron chi connectivity index (χ1n) is 8.26. The van der Waals surface area contributed by atoms with Gasteiger partial charge in [0.15, 0.2) is 0 Å². The van der Waals surface area contributed by atoms with Gasteiger partial charge in [0.1, 0.15) is 12.2 Å². The van der Waals surface area contributed by atoms with Gasteiger partial charge in [0.2, 0.25) is 0 Å². The molecule has 4 heteroatoms. The van der Waals surface area contributed by atoms with E-state index in [0.29, 0.717) is 24.0 Å². The van der Waals surface area contributed by atoms with E-state index in [2.05, 4.69) is 0 Å². The van der Waals surface area contributed by atoms with E-state index in [1.165, 1.54) is 0 Å². The average Bonchev–Trinajstić information content (AvgIpc) is 2.64. The summed E-state index contributed by atoms with van der Waals surface area (Å²) in [7, 11) is 0. The van der Waals surface area contributed by atoms with Crippen molar-refractivity contribution in [2.75, 3.05) is 0 Å². The first-order chi connectivity index (χ1) is 11.7. The molecule has 2 atom stereocenters. The van der Waals surface area contributed by atoms with Gasteiger partial charge >= 0.3 is 11.9 Å². The van der Waals surface area contributed by atoms with Crippen molar-refractivity contribution in [3.8, 4) is 0 Å². The Hall–Kier alpha value is -2.62. The Morgan fingerprint density at radius 2 is 1.04 bits per heavy atom. The van der Waals surface area contributed by atoms with Crippen molar-refractivity contribution >= 4 is 11.9 Å². The number of hydrogen-bond acceptors (Lipinski definition) is 4. The van der Waals surface area contributed by atoms with Crippen LogP contribution in [0.4, 0.5) is 0 Å². The maximum atomic E-state index is 12.3. The van der Waals surface area contributed by atoms with Crippen molar-refractivity contribution in [3.63, 3.8) is 0 Å². The fraction of sp³-hybridized carbons (Fsp3) is 0.300. The predicted molar refractivity (Wildman–Crippen MR) is 89.8 cm³/mol. The summed E-state index contributed by atoms with van der Waals surface area (Å²) >= 11 is 0. The van der Waals surface area contributed by atoms with Crippen LogP contribution >= 0.6 is 0 Å². The third-order valence-electron chi connectivity index (χ3n) is 4.18. The lowest BCUT2D eigenvalue weighted by Gasteiger charge is -2.30. The summed E-state index contributed by atoms with van der Waals surface area (Å²) in [5, 5.41) is 0. The summed E-state index contributed by atoms with van der Waals surface area (Å²) in [5.41, 5.74) is 1.02. The molecule has 3 rings (SSSR count). The monoisotopic (exact) mass is 324 g/mol. The summed E-state index contributed by atoms with van der Waals surface area (Å²) in [6, 6.07) is 17.8. The van der Waals surface area contributed by atoms with Crippen LogP contribution in [0.5, 0.6) is 0 Å². The Morgan fingerprint density at radius 1 is 0.667 bits per heavy atom. The summed E-state index contributed by atoms with van der Waals surface area (Å²) in [4.78, 5) is 24.5. The van der Waals surface area contributed by atoms with Gasteiger partial charge < -0.3 is 9.47 Å². The second kappa shape index (κ2) is 7.77. The molecule has 124 valence electrons. The Kier molecular flexibility index (Phi) is 5.26. The second-order valence-corrected chi connectivity index (χ2v) is 5.90. The molecule has 2 aromatic rings. The van der Waals surface area contributed by atoms with Gasteiger partial charge in [0, 0.05) is 0 Å². The Morgan fingerprint density at radius 3 is 1.42 bits per heavy atom. The molecule has 0 aromatic heterocycles. The van der Waals surface area contributed by atoms with Gasteiger partial charge in [-0.25, -0.2) is 9.59 Å². The number of carbonyl (C=O) groups is 2. The van der Waals surface area contributed by atoms with Gasteiger partial charge in [0.05, 0.1) is 11.1 Å². The van der Waals surface area contributed by atoms with Crippen LogP contribution in [0.2, 0.25) is 0 Å². The molecule has 0 radical (unpaired) electrons. The highest BCUT2D eigenvalue weighted by atomic mass is 16.6. The molecule has 24 heavy (non-hydrogen) atoms. The molecule has 1 fully saturated rings. The van der Waals surface area contributed by atoms with E-state index in [1.54, 1.807) is 48.5 Å². The van der Waals surface area contributed by atoms with E-state index >= 15 is 0 Å². The Balaban J connectivity index is 1.65. The van der Waals surface area contributed by atoms with Crippen LogP contribution in [0, 0.1) is 0 Å². The van der Waals surface area contributed by atoms with E-state index in [-0.39, 0.29) is 24.1 Å². The van der Waals surface area contributed by atoms with Gasteiger partial charge in [-0.3, -0.25) is 0 Å². The maximum absolute atomic E-state index is 12.3. The smallest absolute Gasteiger partial charge is 0.338 e. The molecular weight excluding hydrogens is 304 g/mol. The SMILES string of the molecule is O=C(OC1CCCCC1OC(=O)c1ccccc1)c1ccccc1. The molecule has 0 N–H and O–H groups in total. The molecule has 4 nitrogen and oxygen atoms in total. The van der Waals surface area contributed by atoms with Crippen molar-refractivity contribution in [2.24, 2.45) is 0 Å². The van der Waals surface area contributed by atoms with E-state index in [4.69, 9.17) is 9.47 Å². The zero-order valence-corrected chi connectivity index (χ0v) is 13.4. The Bertz CT molecular complexity index is 620. The van der Waals surface area contributed by atoms with Crippen LogP contribution in [0.25, 0.3) is 0 Å². The Labute approximate surface area is 141 Å². The fourth-order valence-corrected chi connectivity index (χ4v) is 2.89. The summed E-state index contributed by atoms with van der Waals surface area (Å²) in [5.74, 6) is -0.744. The predicted octanol–water partition coefficient (Wildman–Crippen LogP) is 4.01. The van der Waals surface area contributed by atoms with Crippen molar-refractivity contribution in [1.82, 2.24) is 0 Å². The van der Waals surface area contributed by atoms with Gasteiger partial charge in [0.25, 0.3) is 0 Å². The van der Waals surface area contributed by atoms with Gasteiger partial charge in [-0.1, -0.05) is 36.4 Å². The molecule has 1 aliphatic carbocycles. The lowest BCUT2D eigenvalue weighted by Crippen LogP contribution is -2.37. The largest absolute Gasteiger partial charge is 0.455 e. The quantitative estimate of drug-likeness (QED) is 0.797. The van der Waals surface area contributed by atoms with Crippen LogP contribution in [0.3, 0.4) is 0 Å². The molecule has 2 unspecified atom stereocenters. The number of carbonyl (C=O) groups excluding carboxylic acids is 2. The molecule has 0 spiro atoms. The van der Waals surface area contributed by atoms with Crippen LogP contribution in [-0.2, 0) is 9.47 Å². The first kappa shape index (κ1) is 16.2. The molecule has 0 aliphatic heterocycles. The standard InChI is InChI=1S/C20H20O4/c21-19(15-9-3-1-4-10-15)23-17-13-7-8-14-18(17)24-20(22)16-11-5-2-6-12-16/h1-6,9-12,17-18H,7-8,13-14H2. The molecule has 1 saturated carbocycles. The molecule has 0 bridgehead atoms. The van der Waals surface area contributed by atoms with Crippen LogP contribution < -0.4 is 0 Å². The topological polar surface area (TPSA) is 52.6 Å². The normalized spacial score (nSPS) is 20.2. The molecule has 1 aliphatic rings. The number of hydrogen-bond donors (Lipinski definition) is 0. The summed E-state index contributed by atoms with van der Waals surface area (Å²) in [6.45, 7) is 0. The van der Waals surface area contributed by atoms with Crippen LogP contribution in [-0.4, -0.2) is 24.1 Å². The minimum atomic E-state index is -0.390. The van der Waals surface area contributed by atoms with Gasteiger partial charge in [-0.05, 0) is 49.9 Å². The van der Waals surface area contributed by atoms with Crippen LogP contribution in [0.1, 0.15) is 46.4 Å². The van der Waals surface area contributed by atoms with Crippen molar-refractivity contribution < 1.29 is 19.1 Å². The maximum Gasteiger partial charge on any atom is 0.338 e. The van der Waals surface area contributed by atoms with E-state index in [0.717, 1.165) is 12.8 Å². The minimum Gasteiger partial charge on any atom is -0.455 e. The number of ether oxygens (including phenoxy) is 2. The summed E-state index contributed by atoms with van der Waals surface area (Å²) in [6.07, 6.45) is 2.58. The van der Waals surface area contributed by atoms with E-state index in [1.807, 2.05) is 12.1 Å². The summed E-state index contributed by atoms with van der Waals surface area (Å²) < 4.78 is 11.2. The first-order valence-corrected chi connectivity index (χ1v) is 8.26. The van der Waals surface area contributed by atoms with Crippen molar-refractivity contribution in [3.05, 3.63) is 71.8 Å². The molecule has 2 aromatic carbocycles. The van der Waals surface area contributed by atoms with Gasteiger partial charge in [-0.2, -0.15) is 0 Å². The highest BCUT2D eigenvalue weighted by molar-refractivity contribution is 5.90.